The van der Waals surface area contributed by atoms with Crippen LogP contribution in [0.25, 0.3) is 0 Å². The molecule has 2 atom stereocenters. The normalized spacial score (nSPS) is 19.9. The molecular weight excluding hydrogens is 310 g/mol. The van der Waals surface area contributed by atoms with Gasteiger partial charge in [0.2, 0.25) is 11.8 Å². The van der Waals surface area contributed by atoms with Crippen LogP contribution in [0.15, 0.2) is 0 Å². The molecule has 5 nitrogen and oxygen atoms in total. The van der Waals surface area contributed by atoms with Crippen molar-refractivity contribution in [3.8, 4) is 0 Å². The SMILES string of the molecule is CCN[C@H](C)CNC(=O)C1CSCN1C(=O)C(C)(C)C.Cl. The van der Waals surface area contributed by atoms with Crippen LogP contribution in [0.4, 0.5) is 0 Å². The minimum Gasteiger partial charge on any atom is -0.353 e. The molecule has 0 bridgehead atoms. The second-order valence-electron chi connectivity index (χ2n) is 6.24. The molecule has 1 rings (SSSR count). The van der Waals surface area contributed by atoms with Gasteiger partial charge in [0.05, 0.1) is 5.88 Å². The predicted molar refractivity (Wildman–Crippen MR) is 90.8 cm³/mol. The van der Waals surface area contributed by atoms with Crippen molar-refractivity contribution in [3.63, 3.8) is 0 Å². The van der Waals surface area contributed by atoms with Gasteiger partial charge in [-0.1, -0.05) is 27.7 Å². The van der Waals surface area contributed by atoms with Gasteiger partial charge in [0.1, 0.15) is 6.04 Å². The van der Waals surface area contributed by atoms with Gasteiger partial charge in [-0.25, -0.2) is 0 Å². The third kappa shape index (κ3) is 6.04. The Morgan fingerprint density at radius 2 is 2.00 bits per heavy atom. The first-order chi connectivity index (χ1) is 9.27. The Bertz CT molecular complexity index is 361. The molecule has 124 valence electrons. The van der Waals surface area contributed by atoms with Gasteiger partial charge >= 0.3 is 0 Å². The monoisotopic (exact) mass is 337 g/mol. The second kappa shape index (κ2) is 8.86. The number of carbonyl (C=O) groups is 2. The third-order valence-corrected chi connectivity index (χ3v) is 4.23. The van der Waals surface area contributed by atoms with Crippen molar-refractivity contribution in [1.82, 2.24) is 15.5 Å². The summed E-state index contributed by atoms with van der Waals surface area (Å²) in [5.74, 6) is 1.29. The van der Waals surface area contributed by atoms with Gasteiger partial charge in [-0.05, 0) is 13.5 Å². The number of nitrogens with one attached hydrogen (secondary N) is 2. The molecule has 7 heteroatoms. The molecule has 2 N–H and O–H groups in total. The second-order valence-corrected chi connectivity index (χ2v) is 7.24. The standard InChI is InChI=1S/C14H27N3O2S.ClH/c1-6-15-10(2)7-16-12(18)11-8-20-9-17(11)13(19)14(3,4)5;/h10-11,15H,6-9H2,1-5H3,(H,16,18);1H/t10-,11?;/m1./s1. The summed E-state index contributed by atoms with van der Waals surface area (Å²) in [4.78, 5) is 26.3. The van der Waals surface area contributed by atoms with E-state index >= 15 is 0 Å². The van der Waals surface area contributed by atoms with E-state index in [-0.39, 0.29) is 36.3 Å². The van der Waals surface area contributed by atoms with Crippen LogP contribution in [0.2, 0.25) is 0 Å². The van der Waals surface area contributed by atoms with Crippen LogP contribution in [-0.4, -0.2) is 53.5 Å². The van der Waals surface area contributed by atoms with Crippen LogP contribution in [0.3, 0.4) is 0 Å². The number of amides is 2. The van der Waals surface area contributed by atoms with Crippen molar-refractivity contribution in [2.75, 3.05) is 24.7 Å². The van der Waals surface area contributed by atoms with Gasteiger partial charge in [0, 0.05) is 23.8 Å². The Kier molecular flexibility index (Phi) is 8.66. The fraction of sp³-hybridized carbons (Fsp3) is 0.857. The number of carbonyl (C=O) groups excluding carboxylic acids is 2. The Labute approximate surface area is 138 Å². The highest BCUT2D eigenvalue weighted by molar-refractivity contribution is 7.99. The first-order valence-corrected chi connectivity index (χ1v) is 8.32. The summed E-state index contributed by atoms with van der Waals surface area (Å²) in [5.41, 5.74) is -0.444. The molecule has 1 aliphatic rings. The minimum atomic E-state index is -0.444. The smallest absolute Gasteiger partial charge is 0.243 e. The molecular formula is C14H28ClN3O2S. The third-order valence-electron chi connectivity index (χ3n) is 3.22. The zero-order chi connectivity index (χ0) is 15.3. The van der Waals surface area contributed by atoms with Crippen molar-refractivity contribution < 1.29 is 9.59 Å². The lowest BCUT2D eigenvalue weighted by molar-refractivity contribution is -0.144. The lowest BCUT2D eigenvalue weighted by Gasteiger charge is -2.29. The number of halogens is 1. The average molecular weight is 338 g/mol. The first-order valence-electron chi connectivity index (χ1n) is 7.17. The molecule has 1 saturated heterocycles. The van der Waals surface area contributed by atoms with Gasteiger partial charge in [0.25, 0.3) is 0 Å². The molecule has 0 spiro atoms. The van der Waals surface area contributed by atoms with Crippen molar-refractivity contribution in [1.29, 1.82) is 0 Å². The molecule has 2 amide bonds. The highest BCUT2D eigenvalue weighted by Gasteiger charge is 2.38. The molecule has 1 unspecified atom stereocenters. The average Bonchev–Trinajstić information content (AvgIpc) is 2.83. The maximum atomic E-state index is 12.3. The van der Waals surface area contributed by atoms with Crippen LogP contribution in [0.5, 0.6) is 0 Å². The fourth-order valence-electron chi connectivity index (χ4n) is 2.08. The van der Waals surface area contributed by atoms with Crippen molar-refractivity contribution in [3.05, 3.63) is 0 Å². The van der Waals surface area contributed by atoms with E-state index in [1.807, 2.05) is 34.6 Å². The predicted octanol–water partition coefficient (Wildman–Crippen LogP) is 1.47. The molecule has 0 saturated carbocycles. The van der Waals surface area contributed by atoms with Crippen LogP contribution in [-0.2, 0) is 9.59 Å². The lowest BCUT2D eigenvalue weighted by Crippen LogP contribution is -2.52. The van der Waals surface area contributed by atoms with E-state index < -0.39 is 5.41 Å². The maximum Gasteiger partial charge on any atom is 0.243 e. The van der Waals surface area contributed by atoms with Gasteiger partial charge < -0.3 is 15.5 Å². The lowest BCUT2D eigenvalue weighted by atomic mass is 9.94. The quantitative estimate of drug-likeness (QED) is 0.797. The van der Waals surface area contributed by atoms with Crippen molar-refractivity contribution >= 4 is 36.0 Å². The summed E-state index contributed by atoms with van der Waals surface area (Å²) in [6.45, 7) is 11.2. The fourth-order valence-corrected chi connectivity index (χ4v) is 3.24. The zero-order valence-corrected chi connectivity index (χ0v) is 15.2. The van der Waals surface area contributed by atoms with E-state index in [1.54, 1.807) is 16.7 Å². The van der Waals surface area contributed by atoms with Crippen molar-refractivity contribution in [2.45, 2.75) is 46.7 Å². The van der Waals surface area contributed by atoms with E-state index in [9.17, 15) is 9.59 Å². The Morgan fingerprint density at radius 1 is 1.38 bits per heavy atom. The zero-order valence-electron chi connectivity index (χ0n) is 13.6. The highest BCUT2D eigenvalue weighted by atomic mass is 35.5. The Hall–Kier alpha value is -0.460. The topological polar surface area (TPSA) is 61.4 Å². The molecule has 1 fully saturated rings. The summed E-state index contributed by atoms with van der Waals surface area (Å²) in [6, 6.07) is -0.0923. The van der Waals surface area contributed by atoms with E-state index in [2.05, 4.69) is 10.6 Å². The maximum absolute atomic E-state index is 12.3. The molecule has 0 aromatic carbocycles. The van der Waals surface area contributed by atoms with Crippen LogP contribution < -0.4 is 10.6 Å². The molecule has 0 aromatic heterocycles. The van der Waals surface area contributed by atoms with Crippen LogP contribution in [0.1, 0.15) is 34.6 Å². The van der Waals surface area contributed by atoms with Crippen molar-refractivity contribution in [2.24, 2.45) is 5.41 Å². The van der Waals surface area contributed by atoms with Gasteiger partial charge in [-0.15, -0.1) is 24.2 Å². The molecule has 1 aliphatic heterocycles. The highest BCUT2D eigenvalue weighted by Crippen LogP contribution is 2.27. The van der Waals surface area contributed by atoms with Gasteiger partial charge in [-0.3, -0.25) is 9.59 Å². The molecule has 0 aliphatic carbocycles. The van der Waals surface area contributed by atoms with Crippen LogP contribution in [0, 0.1) is 5.41 Å². The van der Waals surface area contributed by atoms with E-state index in [4.69, 9.17) is 0 Å². The molecule has 1 heterocycles. The number of hydrogen-bond donors (Lipinski definition) is 2. The summed E-state index contributed by atoms with van der Waals surface area (Å²) in [6.07, 6.45) is 0. The largest absolute Gasteiger partial charge is 0.353 e. The van der Waals surface area contributed by atoms with E-state index in [0.717, 1.165) is 6.54 Å². The summed E-state index contributed by atoms with van der Waals surface area (Å²) >= 11 is 1.64. The number of hydrogen-bond acceptors (Lipinski definition) is 4. The summed E-state index contributed by atoms with van der Waals surface area (Å²) in [7, 11) is 0. The number of rotatable bonds is 5. The van der Waals surface area contributed by atoms with E-state index in [0.29, 0.717) is 18.2 Å². The number of nitrogens with zero attached hydrogens (tertiary/aromatic N) is 1. The first kappa shape index (κ1) is 20.5. The molecule has 0 aromatic rings. The molecule has 21 heavy (non-hydrogen) atoms. The van der Waals surface area contributed by atoms with Gasteiger partial charge in [-0.2, -0.15) is 0 Å². The summed E-state index contributed by atoms with van der Waals surface area (Å²) < 4.78 is 0. The van der Waals surface area contributed by atoms with E-state index in [1.165, 1.54) is 0 Å². The number of thioether (sulfide) groups is 1. The van der Waals surface area contributed by atoms with Gasteiger partial charge in [0.15, 0.2) is 0 Å². The molecule has 0 radical (unpaired) electrons. The Balaban J connectivity index is 0.00000400. The Morgan fingerprint density at radius 3 is 2.52 bits per heavy atom. The number of likely N-dealkylation sites (N-methyl/N-ethyl adjacent to an activating group) is 1. The van der Waals surface area contributed by atoms with Crippen LogP contribution >= 0.6 is 24.2 Å². The minimum absolute atomic E-state index is 0. The summed E-state index contributed by atoms with van der Waals surface area (Å²) in [5, 5.41) is 6.19.